The van der Waals surface area contributed by atoms with Crippen LogP contribution in [0.15, 0.2) is 59.5 Å². The van der Waals surface area contributed by atoms with Crippen LogP contribution in [0, 0.1) is 0 Å². The van der Waals surface area contributed by atoms with E-state index in [1.54, 1.807) is 44.5 Å². The van der Waals surface area contributed by atoms with Crippen LogP contribution in [-0.4, -0.2) is 33.4 Å². The van der Waals surface area contributed by atoms with Gasteiger partial charge in [0.05, 0.1) is 27.6 Å². The summed E-state index contributed by atoms with van der Waals surface area (Å²) in [5, 5.41) is 5.48. The van der Waals surface area contributed by atoms with Crippen LogP contribution in [0.3, 0.4) is 0 Å². The maximum absolute atomic E-state index is 13.1. The van der Waals surface area contributed by atoms with Gasteiger partial charge in [0.1, 0.15) is 11.5 Å². The van der Waals surface area contributed by atoms with E-state index in [0.717, 1.165) is 11.3 Å². The number of primary sulfonamides is 1. The molecule has 7 nitrogen and oxygen atoms in total. The molecule has 0 unspecified atom stereocenters. The Kier molecular flexibility index (Phi) is 8.33. The van der Waals surface area contributed by atoms with E-state index < -0.39 is 10.0 Å². The molecule has 35 heavy (non-hydrogen) atoms. The fourth-order valence-corrected chi connectivity index (χ4v) is 4.52. The lowest BCUT2D eigenvalue weighted by Gasteiger charge is -2.20. The van der Waals surface area contributed by atoms with Gasteiger partial charge in [0, 0.05) is 19.2 Å². The van der Waals surface area contributed by atoms with Crippen LogP contribution in [0.2, 0.25) is 10.0 Å². The summed E-state index contributed by atoms with van der Waals surface area (Å²) in [6, 6.07) is 14.5. The summed E-state index contributed by atoms with van der Waals surface area (Å²) in [5.41, 5.74) is 1.89. The van der Waals surface area contributed by atoms with E-state index in [9.17, 15) is 13.2 Å². The van der Waals surface area contributed by atoms with Crippen LogP contribution >= 0.6 is 23.2 Å². The smallest absolute Gasteiger partial charge is 0.255 e. The van der Waals surface area contributed by atoms with Crippen LogP contribution in [0.5, 0.6) is 17.2 Å². The van der Waals surface area contributed by atoms with Gasteiger partial charge in [-0.1, -0.05) is 49.2 Å². The molecule has 0 bridgehead atoms. The molecule has 0 atom stereocenters. The zero-order valence-electron chi connectivity index (χ0n) is 19.7. The maximum Gasteiger partial charge on any atom is 0.255 e. The fraction of sp³-hybridized carbons (Fsp3) is 0.240. The molecule has 3 aromatic rings. The number of hydrogen-bond donors (Lipinski definition) is 1. The highest BCUT2D eigenvalue weighted by molar-refractivity contribution is 7.89. The van der Waals surface area contributed by atoms with Gasteiger partial charge in [0.15, 0.2) is 5.75 Å². The topological polar surface area (TPSA) is 98.9 Å². The van der Waals surface area contributed by atoms with E-state index in [1.165, 1.54) is 23.1 Å². The summed E-state index contributed by atoms with van der Waals surface area (Å²) < 4.78 is 34.3. The lowest BCUT2D eigenvalue weighted by Crippen LogP contribution is -2.26. The van der Waals surface area contributed by atoms with Gasteiger partial charge in [-0.25, -0.2) is 13.6 Å². The molecule has 0 aliphatic heterocycles. The molecule has 10 heteroatoms. The van der Waals surface area contributed by atoms with E-state index >= 15 is 0 Å². The molecule has 1 amide bonds. The molecule has 3 aromatic carbocycles. The number of carbonyl (C=O) groups is 1. The molecule has 0 fully saturated rings. The van der Waals surface area contributed by atoms with E-state index in [4.69, 9.17) is 37.8 Å². The summed E-state index contributed by atoms with van der Waals surface area (Å²) in [7, 11) is -0.573. The van der Waals surface area contributed by atoms with Crippen LogP contribution < -0.4 is 14.6 Å². The molecule has 0 saturated heterocycles. The van der Waals surface area contributed by atoms with Crippen molar-refractivity contribution < 1.29 is 22.7 Å². The van der Waals surface area contributed by atoms with Crippen molar-refractivity contribution in [2.24, 2.45) is 5.14 Å². The number of hydrogen-bond acceptors (Lipinski definition) is 5. The van der Waals surface area contributed by atoms with Crippen LogP contribution in [0.1, 0.15) is 41.3 Å². The number of rotatable bonds is 8. The Morgan fingerprint density at radius 2 is 1.71 bits per heavy atom. The standard InChI is InChI=1S/C25H26Cl2N2O5S/c1-15(2)20-13-17(7-12-22(20)33-4)34-24-21(26)11-10-19(23(24)27)25(30)29(3)14-16-5-8-18(9-6-16)35(28,31)32/h5-13,15H,14H2,1-4H3,(H2,28,31,32). The van der Waals surface area contributed by atoms with Gasteiger partial charge < -0.3 is 14.4 Å². The van der Waals surface area contributed by atoms with Crippen molar-refractivity contribution in [3.05, 3.63) is 81.3 Å². The minimum absolute atomic E-state index is 0.00285. The third kappa shape index (κ3) is 6.27. The number of nitrogens with two attached hydrogens (primary N) is 1. The van der Waals surface area contributed by atoms with Gasteiger partial charge in [-0.3, -0.25) is 4.79 Å². The second kappa shape index (κ2) is 10.9. The molecule has 3 rings (SSSR count). The number of amides is 1. The summed E-state index contributed by atoms with van der Waals surface area (Å²) >= 11 is 12.9. The maximum atomic E-state index is 13.1. The van der Waals surface area contributed by atoms with Gasteiger partial charge in [0.2, 0.25) is 10.0 Å². The molecule has 186 valence electrons. The number of ether oxygens (including phenoxy) is 2. The first-order valence-corrected chi connectivity index (χ1v) is 12.9. The monoisotopic (exact) mass is 536 g/mol. The number of sulfonamides is 1. The van der Waals surface area contributed by atoms with E-state index in [-0.39, 0.29) is 44.6 Å². The minimum atomic E-state index is -3.79. The van der Waals surface area contributed by atoms with Crippen LogP contribution in [0.4, 0.5) is 0 Å². The van der Waals surface area contributed by atoms with Gasteiger partial charge in [0.25, 0.3) is 5.91 Å². The summed E-state index contributed by atoms with van der Waals surface area (Å²) in [5.74, 6) is 1.26. The summed E-state index contributed by atoms with van der Waals surface area (Å²) in [6.45, 7) is 4.30. The van der Waals surface area contributed by atoms with Crippen molar-refractivity contribution in [2.45, 2.75) is 31.2 Å². The molecular weight excluding hydrogens is 511 g/mol. The van der Waals surface area contributed by atoms with Crippen molar-refractivity contribution in [3.63, 3.8) is 0 Å². The van der Waals surface area contributed by atoms with Crippen molar-refractivity contribution in [2.75, 3.05) is 14.2 Å². The zero-order valence-corrected chi connectivity index (χ0v) is 22.0. The Hall–Kier alpha value is -2.78. The molecular formula is C25H26Cl2N2O5S. The SMILES string of the molecule is COc1ccc(Oc2c(Cl)ccc(C(=O)N(C)Cc3ccc(S(N)(=O)=O)cc3)c2Cl)cc1C(C)C. The predicted octanol–water partition coefficient (Wildman–Crippen LogP) is 5.84. The first-order valence-electron chi connectivity index (χ1n) is 10.6. The first-order chi connectivity index (χ1) is 16.4. The third-order valence-corrected chi connectivity index (χ3v) is 6.94. The molecule has 0 aliphatic carbocycles. The van der Waals surface area contributed by atoms with Crippen molar-refractivity contribution >= 4 is 39.1 Å². The minimum Gasteiger partial charge on any atom is -0.496 e. The molecule has 0 aromatic heterocycles. The second-order valence-electron chi connectivity index (χ2n) is 8.25. The van der Waals surface area contributed by atoms with Crippen molar-refractivity contribution in [1.82, 2.24) is 4.90 Å². The Morgan fingerprint density at radius 1 is 1.06 bits per heavy atom. The summed E-state index contributed by atoms with van der Waals surface area (Å²) in [4.78, 5) is 14.6. The van der Waals surface area contributed by atoms with Gasteiger partial charge in [-0.15, -0.1) is 0 Å². The normalized spacial score (nSPS) is 11.4. The van der Waals surface area contributed by atoms with Crippen LogP contribution in [-0.2, 0) is 16.6 Å². The first kappa shape index (κ1) is 26.8. The summed E-state index contributed by atoms with van der Waals surface area (Å²) in [6.07, 6.45) is 0. The molecule has 0 radical (unpaired) electrons. The Labute approximate surface area is 215 Å². The highest BCUT2D eigenvalue weighted by Crippen LogP contribution is 2.40. The van der Waals surface area contributed by atoms with Crippen LogP contribution in [0.25, 0.3) is 0 Å². The Bertz CT molecular complexity index is 1340. The predicted molar refractivity (Wildman–Crippen MR) is 137 cm³/mol. The van der Waals surface area contributed by atoms with E-state index in [2.05, 4.69) is 0 Å². The van der Waals surface area contributed by atoms with Crippen molar-refractivity contribution in [3.8, 4) is 17.2 Å². The largest absolute Gasteiger partial charge is 0.496 e. The van der Waals surface area contributed by atoms with Crippen molar-refractivity contribution in [1.29, 1.82) is 0 Å². The second-order valence-corrected chi connectivity index (χ2v) is 10.6. The third-order valence-electron chi connectivity index (χ3n) is 5.34. The molecule has 0 heterocycles. The Morgan fingerprint density at radius 3 is 2.29 bits per heavy atom. The number of halogens is 2. The average Bonchev–Trinajstić information content (AvgIpc) is 2.81. The van der Waals surface area contributed by atoms with E-state index in [0.29, 0.717) is 11.3 Å². The fourth-order valence-electron chi connectivity index (χ4n) is 3.47. The zero-order chi connectivity index (χ0) is 25.9. The molecule has 0 aliphatic rings. The lowest BCUT2D eigenvalue weighted by atomic mass is 10.0. The number of methoxy groups -OCH3 is 1. The van der Waals surface area contributed by atoms with Gasteiger partial charge in [-0.2, -0.15) is 0 Å². The lowest BCUT2D eigenvalue weighted by molar-refractivity contribution is 0.0785. The highest BCUT2D eigenvalue weighted by Gasteiger charge is 2.22. The number of benzene rings is 3. The van der Waals surface area contributed by atoms with E-state index in [1.807, 2.05) is 19.9 Å². The average molecular weight is 537 g/mol. The quantitative estimate of drug-likeness (QED) is 0.390. The number of nitrogens with zero attached hydrogens (tertiary/aromatic N) is 1. The Balaban J connectivity index is 1.85. The molecule has 0 saturated carbocycles. The van der Waals surface area contributed by atoms with Gasteiger partial charge in [-0.05, 0) is 53.9 Å². The molecule has 2 N–H and O–H groups in total. The highest BCUT2D eigenvalue weighted by atomic mass is 35.5. The van der Waals surface area contributed by atoms with Gasteiger partial charge >= 0.3 is 0 Å². The number of carbonyl (C=O) groups excluding carboxylic acids is 1. The molecule has 0 spiro atoms.